The molecule has 0 aliphatic carbocycles. The highest BCUT2D eigenvalue weighted by molar-refractivity contribution is 7.08. The van der Waals surface area contributed by atoms with E-state index in [9.17, 15) is 4.79 Å². The zero-order valence-electron chi connectivity index (χ0n) is 13.2. The van der Waals surface area contributed by atoms with Crippen molar-refractivity contribution in [3.63, 3.8) is 0 Å². The van der Waals surface area contributed by atoms with Gasteiger partial charge in [-0.25, -0.2) is 4.98 Å². The summed E-state index contributed by atoms with van der Waals surface area (Å²) in [6.07, 6.45) is 3.29. The second-order valence-electron chi connectivity index (χ2n) is 5.44. The minimum absolute atomic E-state index is 0.229. The number of pyridine rings is 1. The summed E-state index contributed by atoms with van der Waals surface area (Å²) >= 11 is 1.60. The summed E-state index contributed by atoms with van der Waals surface area (Å²) in [6.45, 7) is 0.298. The van der Waals surface area contributed by atoms with E-state index in [1.807, 2.05) is 47.2 Å². The fourth-order valence-corrected chi connectivity index (χ4v) is 3.22. The smallest absolute Gasteiger partial charge is 0.270 e. The number of amides is 1. The van der Waals surface area contributed by atoms with Crippen LogP contribution in [-0.2, 0) is 6.54 Å². The highest BCUT2D eigenvalue weighted by Gasteiger charge is 2.12. The molecule has 1 N–H and O–H groups in total. The summed E-state index contributed by atoms with van der Waals surface area (Å²) in [4.78, 5) is 25.6. The number of rotatable bonds is 4. The molecule has 122 valence electrons. The lowest BCUT2D eigenvalue weighted by atomic mass is 10.2. The van der Waals surface area contributed by atoms with E-state index >= 15 is 0 Å². The zero-order chi connectivity index (χ0) is 17.1. The highest BCUT2D eigenvalue weighted by atomic mass is 32.1. The number of fused-ring (bicyclic) bond motifs is 1. The van der Waals surface area contributed by atoms with Gasteiger partial charge >= 0.3 is 0 Å². The molecule has 25 heavy (non-hydrogen) atoms. The molecular weight excluding hydrogens is 332 g/mol. The second-order valence-corrected chi connectivity index (χ2v) is 6.22. The monoisotopic (exact) mass is 346 g/mol. The zero-order valence-corrected chi connectivity index (χ0v) is 14.0. The molecule has 3 heterocycles. The van der Waals surface area contributed by atoms with Crippen LogP contribution in [0.5, 0.6) is 0 Å². The molecule has 3 aromatic heterocycles. The Balaban J connectivity index is 1.54. The Kier molecular flexibility index (Phi) is 4.18. The van der Waals surface area contributed by atoms with Gasteiger partial charge in [-0.2, -0.15) is 11.3 Å². The van der Waals surface area contributed by atoms with E-state index < -0.39 is 0 Å². The fourth-order valence-electron chi connectivity index (χ4n) is 2.58. The summed E-state index contributed by atoms with van der Waals surface area (Å²) in [6, 6.07) is 13.3. The summed E-state index contributed by atoms with van der Waals surface area (Å²) in [5, 5.41) is 7.89. The van der Waals surface area contributed by atoms with Crippen molar-refractivity contribution in [1.29, 1.82) is 0 Å². The minimum atomic E-state index is -0.229. The van der Waals surface area contributed by atoms with E-state index in [1.165, 1.54) is 0 Å². The van der Waals surface area contributed by atoms with Gasteiger partial charge in [-0.15, -0.1) is 0 Å². The number of para-hydroxylation sites is 1. The number of carbonyl (C=O) groups is 1. The molecule has 0 aliphatic rings. The number of benzene rings is 1. The van der Waals surface area contributed by atoms with Gasteiger partial charge in [0, 0.05) is 28.7 Å². The topological polar surface area (TPSA) is 67.8 Å². The predicted molar refractivity (Wildman–Crippen MR) is 98.3 cm³/mol. The van der Waals surface area contributed by atoms with Gasteiger partial charge in [-0.1, -0.05) is 24.3 Å². The van der Waals surface area contributed by atoms with Crippen molar-refractivity contribution >= 4 is 28.1 Å². The SMILES string of the molecule is O=C(NCc1nccnc1-c1ccsc1)c1ccc2ccccc2n1. The molecule has 6 heteroatoms. The van der Waals surface area contributed by atoms with Crippen LogP contribution in [0.2, 0.25) is 0 Å². The number of nitrogens with zero attached hydrogens (tertiary/aromatic N) is 3. The molecule has 4 aromatic rings. The quantitative estimate of drug-likeness (QED) is 0.612. The van der Waals surface area contributed by atoms with Crippen molar-refractivity contribution in [2.75, 3.05) is 0 Å². The maximum atomic E-state index is 12.4. The number of carbonyl (C=O) groups excluding carboxylic acids is 1. The Labute approximate surface area is 148 Å². The van der Waals surface area contributed by atoms with E-state index in [-0.39, 0.29) is 5.91 Å². The van der Waals surface area contributed by atoms with Crippen molar-refractivity contribution in [2.45, 2.75) is 6.54 Å². The standard InChI is InChI=1S/C19H14N4OS/c24-19(16-6-5-13-3-1-2-4-15(13)23-16)22-11-17-18(21-9-8-20-17)14-7-10-25-12-14/h1-10,12H,11H2,(H,22,24). The molecule has 0 fully saturated rings. The first kappa shape index (κ1) is 15.4. The molecular formula is C19H14N4OS. The molecule has 0 saturated heterocycles. The molecule has 0 saturated carbocycles. The number of hydrogen-bond acceptors (Lipinski definition) is 5. The van der Waals surface area contributed by atoms with Gasteiger partial charge in [0.15, 0.2) is 0 Å². The van der Waals surface area contributed by atoms with Crippen molar-refractivity contribution in [3.8, 4) is 11.3 Å². The van der Waals surface area contributed by atoms with Crippen molar-refractivity contribution < 1.29 is 4.79 Å². The first-order valence-electron chi connectivity index (χ1n) is 7.78. The van der Waals surface area contributed by atoms with Crippen LogP contribution in [0.15, 0.2) is 65.6 Å². The van der Waals surface area contributed by atoms with Gasteiger partial charge in [0.1, 0.15) is 5.69 Å². The van der Waals surface area contributed by atoms with E-state index in [4.69, 9.17) is 0 Å². The van der Waals surface area contributed by atoms with E-state index in [0.29, 0.717) is 12.2 Å². The summed E-state index contributed by atoms with van der Waals surface area (Å²) < 4.78 is 0. The first-order valence-corrected chi connectivity index (χ1v) is 8.72. The predicted octanol–water partition coefficient (Wildman–Crippen LogP) is 3.68. The Hall–Kier alpha value is -3.12. The van der Waals surface area contributed by atoms with Crippen LogP contribution >= 0.6 is 11.3 Å². The normalized spacial score (nSPS) is 10.7. The number of nitrogens with one attached hydrogen (secondary N) is 1. The lowest BCUT2D eigenvalue weighted by Crippen LogP contribution is -2.24. The van der Waals surface area contributed by atoms with Crippen LogP contribution < -0.4 is 5.32 Å². The largest absolute Gasteiger partial charge is 0.345 e. The average molecular weight is 346 g/mol. The Morgan fingerprint density at radius 2 is 1.92 bits per heavy atom. The Morgan fingerprint density at radius 1 is 1.04 bits per heavy atom. The number of thiophene rings is 1. The Morgan fingerprint density at radius 3 is 2.80 bits per heavy atom. The number of aromatic nitrogens is 3. The summed E-state index contributed by atoms with van der Waals surface area (Å²) in [7, 11) is 0. The molecule has 0 atom stereocenters. The molecule has 0 unspecified atom stereocenters. The molecule has 0 radical (unpaired) electrons. The van der Waals surface area contributed by atoms with Gasteiger partial charge in [0.05, 0.1) is 23.4 Å². The minimum Gasteiger partial charge on any atom is -0.345 e. The van der Waals surface area contributed by atoms with Crippen LogP contribution in [-0.4, -0.2) is 20.9 Å². The summed E-state index contributed by atoms with van der Waals surface area (Å²) in [5.41, 5.74) is 3.71. The third-order valence-corrected chi connectivity index (χ3v) is 4.50. The first-order chi connectivity index (χ1) is 12.3. The van der Waals surface area contributed by atoms with E-state index in [2.05, 4.69) is 20.3 Å². The van der Waals surface area contributed by atoms with E-state index in [1.54, 1.807) is 29.8 Å². The lowest BCUT2D eigenvalue weighted by Gasteiger charge is -2.08. The highest BCUT2D eigenvalue weighted by Crippen LogP contribution is 2.22. The van der Waals surface area contributed by atoms with Crippen LogP contribution in [0, 0.1) is 0 Å². The lowest BCUT2D eigenvalue weighted by molar-refractivity contribution is 0.0946. The second kappa shape index (κ2) is 6.78. The molecule has 0 bridgehead atoms. The average Bonchev–Trinajstić information content (AvgIpc) is 3.20. The molecule has 5 nitrogen and oxygen atoms in total. The van der Waals surface area contributed by atoms with Gasteiger partial charge in [0.2, 0.25) is 0 Å². The van der Waals surface area contributed by atoms with Crippen LogP contribution in [0.1, 0.15) is 16.2 Å². The molecule has 1 amide bonds. The maximum absolute atomic E-state index is 12.4. The molecule has 4 rings (SSSR count). The Bertz CT molecular complexity index is 1030. The van der Waals surface area contributed by atoms with Crippen molar-refractivity contribution in [2.24, 2.45) is 0 Å². The third-order valence-electron chi connectivity index (χ3n) is 3.82. The summed E-state index contributed by atoms with van der Waals surface area (Å²) in [5.74, 6) is -0.229. The molecule has 0 aliphatic heterocycles. The van der Waals surface area contributed by atoms with Gasteiger partial charge < -0.3 is 5.32 Å². The van der Waals surface area contributed by atoms with Gasteiger partial charge in [-0.05, 0) is 23.6 Å². The van der Waals surface area contributed by atoms with Crippen molar-refractivity contribution in [1.82, 2.24) is 20.3 Å². The van der Waals surface area contributed by atoms with Gasteiger partial charge in [-0.3, -0.25) is 14.8 Å². The third kappa shape index (κ3) is 3.25. The van der Waals surface area contributed by atoms with Gasteiger partial charge in [0.25, 0.3) is 5.91 Å². The molecule has 0 spiro atoms. The van der Waals surface area contributed by atoms with Crippen molar-refractivity contribution in [3.05, 3.63) is 77.0 Å². The van der Waals surface area contributed by atoms with Crippen LogP contribution in [0.4, 0.5) is 0 Å². The van der Waals surface area contributed by atoms with Crippen LogP contribution in [0.25, 0.3) is 22.2 Å². The molecule has 1 aromatic carbocycles. The number of hydrogen-bond donors (Lipinski definition) is 1. The fraction of sp³-hybridized carbons (Fsp3) is 0.0526. The van der Waals surface area contributed by atoms with Crippen LogP contribution in [0.3, 0.4) is 0 Å². The van der Waals surface area contributed by atoms with E-state index in [0.717, 1.165) is 27.9 Å². The maximum Gasteiger partial charge on any atom is 0.270 e.